The standard InChI is InChI=1S/C15H20ClNO2/c16-9-12-3-1-2-4-13(12)10-17-15(19)11-5-7-14(18)8-6-11/h5-8,12-13,18H,1-4,9-10H2,(H,17,19). The summed E-state index contributed by atoms with van der Waals surface area (Å²) in [6.45, 7) is 0.692. The molecule has 2 atom stereocenters. The predicted molar refractivity (Wildman–Crippen MR) is 76.6 cm³/mol. The lowest BCUT2D eigenvalue weighted by Crippen LogP contribution is -2.34. The second-order valence-corrected chi connectivity index (χ2v) is 5.52. The third-order valence-electron chi connectivity index (χ3n) is 3.92. The molecule has 104 valence electrons. The molecule has 0 saturated heterocycles. The monoisotopic (exact) mass is 281 g/mol. The van der Waals surface area contributed by atoms with Crippen LogP contribution in [0.3, 0.4) is 0 Å². The van der Waals surface area contributed by atoms with Crippen LogP contribution in [0.1, 0.15) is 36.0 Å². The van der Waals surface area contributed by atoms with Gasteiger partial charge in [0.2, 0.25) is 0 Å². The van der Waals surface area contributed by atoms with Crippen LogP contribution in [0.15, 0.2) is 24.3 Å². The smallest absolute Gasteiger partial charge is 0.251 e. The first kappa shape index (κ1) is 14.2. The van der Waals surface area contributed by atoms with Crippen LogP contribution in [0.25, 0.3) is 0 Å². The minimum absolute atomic E-state index is 0.0844. The van der Waals surface area contributed by atoms with Crippen LogP contribution < -0.4 is 5.32 Å². The Morgan fingerprint density at radius 3 is 2.47 bits per heavy atom. The van der Waals surface area contributed by atoms with Crippen molar-refractivity contribution in [1.29, 1.82) is 0 Å². The van der Waals surface area contributed by atoms with Crippen LogP contribution in [0.5, 0.6) is 5.75 Å². The van der Waals surface area contributed by atoms with E-state index in [4.69, 9.17) is 11.6 Å². The van der Waals surface area contributed by atoms with Gasteiger partial charge in [0.25, 0.3) is 5.91 Å². The summed E-state index contributed by atoms with van der Waals surface area (Å²) in [4.78, 5) is 12.0. The lowest BCUT2D eigenvalue weighted by molar-refractivity contribution is 0.0936. The molecule has 1 aromatic carbocycles. The number of phenols is 1. The molecule has 2 N–H and O–H groups in total. The number of nitrogens with one attached hydrogen (secondary N) is 1. The van der Waals surface area contributed by atoms with Crippen LogP contribution >= 0.6 is 11.6 Å². The van der Waals surface area contributed by atoms with Gasteiger partial charge in [0, 0.05) is 18.0 Å². The topological polar surface area (TPSA) is 49.3 Å². The first-order chi connectivity index (χ1) is 9.20. The zero-order valence-electron chi connectivity index (χ0n) is 10.9. The van der Waals surface area contributed by atoms with E-state index in [0.717, 1.165) is 6.42 Å². The number of rotatable bonds is 4. The average Bonchev–Trinajstić information content (AvgIpc) is 2.45. The Labute approximate surface area is 119 Å². The molecular weight excluding hydrogens is 262 g/mol. The maximum Gasteiger partial charge on any atom is 0.251 e. The highest BCUT2D eigenvalue weighted by Crippen LogP contribution is 2.30. The Kier molecular flexibility index (Phi) is 5.08. The van der Waals surface area contributed by atoms with Crippen molar-refractivity contribution < 1.29 is 9.90 Å². The van der Waals surface area contributed by atoms with Crippen molar-refractivity contribution in [3.63, 3.8) is 0 Å². The van der Waals surface area contributed by atoms with Crippen molar-refractivity contribution in [1.82, 2.24) is 5.32 Å². The fraction of sp³-hybridized carbons (Fsp3) is 0.533. The van der Waals surface area contributed by atoms with Gasteiger partial charge in [0.05, 0.1) is 0 Å². The number of alkyl halides is 1. The Morgan fingerprint density at radius 2 is 1.84 bits per heavy atom. The fourth-order valence-corrected chi connectivity index (χ4v) is 3.10. The van der Waals surface area contributed by atoms with Crippen molar-refractivity contribution in [2.45, 2.75) is 25.7 Å². The third kappa shape index (κ3) is 3.87. The number of carbonyl (C=O) groups is 1. The second-order valence-electron chi connectivity index (χ2n) is 5.22. The first-order valence-electron chi connectivity index (χ1n) is 6.84. The molecule has 0 aliphatic heterocycles. The van der Waals surface area contributed by atoms with E-state index in [-0.39, 0.29) is 11.7 Å². The van der Waals surface area contributed by atoms with Gasteiger partial charge < -0.3 is 10.4 Å². The van der Waals surface area contributed by atoms with Gasteiger partial charge in [-0.2, -0.15) is 0 Å². The molecule has 0 spiro atoms. The van der Waals surface area contributed by atoms with Crippen LogP contribution in [0.2, 0.25) is 0 Å². The van der Waals surface area contributed by atoms with E-state index in [2.05, 4.69) is 5.32 Å². The van der Waals surface area contributed by atoms with Gasteiger partial charge in [-0.05, 0) is 48.9 Å². The van der Waals surface area contributed by atoms with Gasteiger partial charge in [-0.15, -0.1) is 11.6 Å². The summed E-state index contributed by atoms with van der Waals surface area (Å²) in [5, 5.41) is 12.2. The number of carbonyl (C=O) groups excluding carboxylic acids is 1. The summed E-state index contributed by atoms with van der Waals surface area (Å²) in [5.74, 6) is 1.78. The zero-order chi connectivity index (χ0) is 13.7. The number of hydrogen-bond acceptors (Lipinski definition) is 2. The lowest BCUT2D eigenvalue weighted by Gasteiger charge is -2.30. The van der Waals surface area contributed by atoms with E-state index < -0.39 is 0 Å². The highest BCUT2D eigenvalue weighted by atomic mass is 35.5. The molecule has 1 fully saturated rings. The highest BCUT2D eigenvalue weighted by Gasteiger charge is 2.24. The Hall–Kier alpha value is -1.22. The molecule has 2 rings (SSSR count). The number of halogens is 1. The minimum atomic E-state index is -0.0844. The highest BCUT2D eigenvalue weighted by molar-refractivity contribution is 6.18. The number of benzene rings is 1. The van der Waals surface area contributed by atoms with Crippen molar-refractivity contribution in [2.24, 2.45) is 11.8 Å². The molecule has 1 aliphatic carbocycles. The van der Waals surface area contributed by atoms with Gasteiger partial charge in [-0.1, -0.05) is 12.8 Å². The lowest BCUT2D eigenvalue weighted by atomic mass is 9.80. The largest absolute Gasteiger partial charge is 0.508 e. The van der Waals surface area contributed by atoms with Gasteiger partial charge in [0.15, 0.2) is 0 Å². The summed E-state index contributed by atoms with van der Waals surface area (Å²) < 4.78 is 0. The quantitative estimate of drug-likeness (QED) is 0.833. The van der Waals surface area contributed by atoms with E-state index in [1.54, 1.807) is 12.1 Å². The summed E-state index contributed by atoms with van der Waals surface area (Å²) in [7, 11) is 0. The molecule has 0 radical (unpaired) electrons. The van der Waals surface area contributed by atoms with E-state index in [1.165, 1.54) is 31.4 Å². The Morgan fingerprint density at radius 1 is 1.21 bits per heavy atom. The van der Waals surface area contributed by atoms with Crippen LogP contribution in [-0.2, 0) is 0 Å². The summed E-state index contributed by atoms with van der Waals surface area (Å²) >= 11 is 5.98. The van der Waals surface area contributed by atoms with E-state index in [1.807, 2.05) is 0 Å². The molecule has 4 heteroatoms. The predicted octanol–water partition coefficient (Wildman–Crippen LogP) is 3.17. The number of aromatic hydroxyl groups is 1. The fourth-order valence-electron chi connectivity index (χ4n) is 2.69. The minimum Gasteiger partial charge on any atom is -0.508 e. The summed E-state index contributed by atoms with van der Waals surface area (Å²) in [6.07, 6.45) is 4.80. The molecule has 1 amide bonds. The summed E-state index contributed by atoms with van der Waals surface area (Å²) in [6, 6.07) is 6.31. The molecule has 1 saturated carbocycles. The number of amides is 1. The van der Waals surface area contributed by atoms with Crippen molar-refractivity contribution >= 4 is 17.5 Å². The maximum atomic E-state index is 12.0. The van der Waals surface area contributed by atoms with Crippen LogP contribution in [0, 0.1) is 11.8 Å². The molecule has 1 aliphatic rings. The molecule has 1 aromatic rings. The van der Waals surface area contributed by atoms with Crippen molar-refractivity contribution in [2.75, 3.05) is 12.4 Å². The van der Waals surface area contributed by atoms with Gasteiger partial charge in [0.1, 0.15) is 5.75 Å². The molecule has 0 bridgehead atoms. The van der Waals surface area contributed by atoms with Crippen LogP contribution in [-0.4, -0.2) is 23.4 Å². The zero-order valence-corrected chi connectivity index (χ0v) is 11.7. The van der Waals surface area contributed by atoms with Gasteiger partial charge >= 0.3 is 0 Å². The Balaban J connectivity index is 1.87. The third-order valence-corrected chi connectivity index (χ3v) is 4.32. The van der Waals surface area contributed by atoms with Crippen molar-refractivity contribution in [3.8, 4) is 5.75 Å². The SMILES string of the molecule is O=C(NCC1CCCCC1CCl)c1ccc(O)cc1. The van der Waals surface area contributed by atoms with E-state index >= 15 is 0 Å². The summed E-state index contributed by atoms with van der Waals surface area (Å²) in [5.41, 5.74) is 0.580. The molecule has 3 nitrogen and oxygen atoms in total. The molecular formula is C15H20ClNO2. The number of phenolic OH excluding ortho intramolecular Hbond substituents is 1. The van der Waals surface area contributed by atoms with Gasteiger partial charge in [-0.3, -0.25) is 4.79 Å². The normalized spacial score (nSPS) is 23.0. The number of hydrogen-bond donors (Lipinski definition) is 2. The van der Waals surface area contributed by atoms with E-state index in [9.17, 15) is 9.90 Å². The second kappa shape index (κ2) is 6.80. The average molecular weight is 282 g/mol. The van der Waals surface area contributed by atoms with E-state index in [0.29, 0.717) is 29.8 Å². The maximum absolute atomic E-state index is 12.0. The molecule has 19 heavy (non-hydrogen) atoms. The first-order valence-corrected chi connectivity index (χ1v) is 7.37. The van der Waals surface area contributed by atoms with Crippen molar-refractivity contribution in [3.05, 3.63) is 29.8 Å². The Bertz CT molecular complexity index is 419. The van der Waals surface area contributed by atoms with Gasteiger partial charge in [-0.25, -0.2) is 0 Å². The van der Waals surface area contributed by atoms with Crippen LogP contribution in [0.4, 0.5) is 0 Å². The molecule has 0 aromatic heterocycles. The molecule has 0 heterocycles. The molecule has 2 unspecified atom stereocenters.